The highest BCUT2D eigenvalue weighted by atomic mass is 35.5. The summed E-state index contributed by atoms with van der Waals surface area (Å²) in [5.41, 5.74) is 6.65. The quantitative estimate of drug-likeness (QED) is 0.537. The lowest BCUT2D eigenvalue weighted by Gasteiger charge is -2.34. The average Bonchev–Trinajstić information content (AvgIpc) is 2.71. The fourth-order valence-corrected chi connectivity index (χ4v) is 4.95. The normalized spacial score (nSPS) is 14.8. The first kappa shape index (κ1) is 21.6. The van der Waals surface area contributed by atoms with Crippen LogP contribution in [-0.2, 0) is 6.42 Å². The van der Waals surface area contributed by atoms with E-state index in [4.69, 9.17) is 11.6 Å². The lowest BCUT2D eigenvalue weighted by atomic mass is 9.88. The maximum Gasteiger partial charge on any atom is 0.258 e. The summed E-state index contributed by atoms with van der Waals surface area (Å²) in [7, 11) is 0. The number of rotatable bonds is 4. The van der Waals surface area contributed by atoms with Gasteiger partial charge in [-0.2, -0.15) is 0 Å². The lowest BCUT2D eigenvalue weighted by molar-refractivity contribution is 0.403. The molecule has 0 saturated carbocycles. The van der Waals surface area contributed by atoms with Gasteiger partial charge in [0.1, 0.15) is 5.82 Å². The highest BCUT2D eigenvalue weighted by Gasteiger charge is 2.22. The minimum Gasteiger partial charge on any atom is -0.370 e. The monoisotopic (exact) mass is 435 g/mol. The van der Waals surface area contributed by atoms with Gasteiger partial charge in [0, 0.05) is 24.8 Å². The number of benzene rings is 2. The van der Waals surface area contributed by atoms with Gasteiger partial charge in [0.15, 0.2) is 0 Å². The van der Waals surface area contributed by atoms with Crippen LogP contribution in [-0.4, -0.2) is 22.6 Å². The van der Waals surface area contributed by atoms with Crippen molar-refractivity contribution in [2.75, 3.05) is 18.0 Å². The third-order valence-corrected chi connectivity index (χ3v) is 6.68. The van der Waals surface area contributed by atoms with Crippen LogP contribution in [0.15, 0.2) is 47.3 Å². The third-order valence-electron chi connectivity index (χ3n) is 6.37. The molecular weight excluding hydrogens is 406 g/mol. The molecule has 0 atom stereocenters. The van der Waals surface area contributed by atoms with E-state index in [-0.39, 0.29) is 5.56 Å². The van der Waals surface area contributed by atoms with Crippen LogP contribution in [0.25, 0.3) is 5.69 Å². The van der Waals surface area contributed by atoms with Crippen molar-refractivity contribution in [2.45, 2.75) is 47.0 Å². The molecule has 1 fully saturated rings. The summed E-state index contributed by atoms with van der Waals surface area (Å²) in [5.74, 6) is 1.37. The molecule has 1 aromatic heterocycles. The van der Waals surface area contributed by atoms with Crippen molar-refractivity contribution < 1.29 is 0 Å². The first-order chi connectivity index (χ1) is 14.8. The molecule has 4 rings (SSSR count). The molecule has 0 radical (unpaired) electrons. The number of aryl methyl sites for hydroxylation is 4. The zero-order chi connectivity index (χ0) is 22.1. The van der Waals surface area contributed by atoms with E-state index in [0.717, 1.165) is 49.4 Å². The van der Waals surface area contributed by atoms with Gasteiger partial charge < -0.3 is 4.90 Å². The molecule has 2 aromatic carbocycles. The zero-order valence-corrected chi connectivity index (χ0v) is 19.5. The summed E-state index contributed by atoms with van der Waals surface area (Å²) >= 11 is 6.68. The minimum atomic E-state index is -0.0823. The van der Waals surface area contributed by atoms with Gasteiger partial charge in [0.05, 0.1) is 16.4 Å². The van der Waals surface area contributed by atoms with E-state index in [0.29, 0.717) is 16.8 Å². The van der Waals surface area contributed by atoms with E-state index >= 15 is 0 Å². The number of piperidine rings is 1. The molecule has 0 spiro atoms. The van der Waals surface area contributed by atoms with Crippen LogP contribution in [0.1, 0.15) is 41.1 Å². The van der Waals surface area contributed by atoms with Gasteiger partial charge in [-0.25, -0.2) is 4.98 Å². The zero-order valence-electron chi connectivity index (χ0n) is 18.8. The molecule has 1 saturated heterocycles. The summed E-state index contributed by atoms with van der Waals surface area (Å²) < 4.78 is 1.61. The maximum absolute atomic E-state index is 12.5. The van der Waals surface area contributed by atoms with Crippen molar-refractivity contribution in [3.05, 3.63) is 86.0 Å². The number of halogens is 1. The Morgan fingerprint density at radius 3 is 2.42 bits per heavy atom. The molecule has 4 nitrogen and oxygen atoms in total. The highest BCUT2D eigenvalue weighted by Crippen LogP contribution is 2.32. The molecule has 3 aromatic rings. The van der Waals surface area contributed by atoms with Gasteiger partial charge in [0.2, 0.25) is 0 Å². The Bertz CT molecular complexity index is 1160. The van der Waals surface area contributed by atoms with Crippen LogP contribution in [0.2, 0.25) is 5.02 Å². The minimum absolute atomic E-state index is 0.0823. The van der Waals surface area contributed by atoms with Crippen molar-refractivity contribution in [1.82, 2.24) is 9.55 Å². The Morgan fingerprint density at radius 2 is 1.74 bits per heavy atom. The number of hydrogen-bond acceptors (Lipinski definition) is 3. The number of nitrogens with zero attached hydrogens (tertiary/aromatic N) is 3. The SMILES string of the molecule is Cc1ccc(C)c(CC2CCN(c3ccc(-n4c(C)nc(C)cc4=O)cc3Cl)CC2)c1. The Hall–Kier alpha value is -2.59. The van der Waals surface area contributed by atoms with E-state index in [1.807, 2.05) is 32.0 Å². The van der Waals surface area contributed by atoms with Crippen molar-refractivity contribution in [2.24, 2.45) is 5.92 Å². The molecule has 1 aliphatic heterocycles. The highest BCUT2D eigenvalue weighted by molar-refractivity contribution is 6.33. The molecule has 0 amide bonds. The molecular formula is C26H30ClN3O. The lowest BCUT2D eigenvalue weighted by Crippen LogP contribution is -2.34. The van der Waals surface area contributed by atoms with Crippen molar-refractivity contribution in [1.29, 1.82) is 0 Å². The first-order valence-corrected chi connectivity index (χ1v) is 11.4. The standard InChI is InChI=1S/C26H30ClN3O/c1-17-5-6-18(2)22(13-17)15-21-9-11-29(12-10-21)25-8-7-23(16-24(25)27)30-20(4)28-19(3)14-26(30)31/h5-8,13-14,16,21H,9-12,15H2,1-4H3. The third kappa shape index (κ3) is 4.69. The van der Waals surface area contributed by atoms with Gasteiger partial charge in [0.25, 0.3) is 5.56 Å². The van der Waals surface area contributed by atoms with Crippen LogP contribution in [0.4, 0.5) is 5.69 Å². The second kappa shape index (κ2) is 8.88. The summed E-state index contributed by atoms with van der Waals surface area (Å²) in [6, 6.07) is 14.2. The molecule has 1 aliphatic rings. The summed E-state index contributed by atoms with van der Waals surface area (Å²) in [6.07, 6.45) is 3.47. The van der Waals surface area contributed by atoms with Gasteiger partial charge in [-0.1, -0.05) is 35.4 Å². The topological polar surface area (TPSA) is 38.1 Å². The molecule has 0 N–H and O–H groups in total. The fourth-order valence-electron chi connectivity index (χ4n) is 4.65. The van der Waals surface area contributed by atoms with Crippen LogP contribution < -0.4 is 10.5 Å². The number of aromatic nitrogens is 2. The Balaban J connectivity index is 1.47. The second-order valence-electron chi connectivity index (χ2n) is 8.82. The molecule has 0 unspecified atom stereocenters. The number of hydrogen-bond donors (Lipinski definition) is 0. The van der Waals surface area contributed by atoms with Gasteiger partial charge in [-0.3, -0.25) is 9.36 Å². The largest absolute Gasteiger partial charge is 0.370 e. The van der Waals surface area contributed by atoms with E-state index < -0.39 is 0 Å². The van der Waals surface area contributed by atoms with Crippen LogP contribution in [0.5, 0.6) is 0 Å². The number of anilines is 1. The molecule has 0 bridgehead atoms. The predicted molar refractivity (Wildman–Crippen MR) is 129 cm³/mol. The first-order valence-electron chi connectivity index (χ1n) is 11.0. The Morgan fingerprint density at radius 1 is 1.00 bits per heavy atom. The molecule has 0 aliphatic carbocycles. The van der Waals surface area contributed by atoms with Crippen molar-refractivity contribution in [3.63, 3.8) is 0 Å². The predicted octanol–water partition coefficient (Wildman–Crippen LogP) is 5.58. The second-order valence-corrected chi connectivity index (χ2v) is 9.23. The Kier molecular flexibility index (Phi) is 6.19. The van der Waals surface area contributed by atoms with Crippen LogP contribution in [0, 0.1) is 33.6 Å². The van der Waals surface area contributed by atoms with Crippen molar-refractivity contribution in [3.8, 4) is 5.69 Å². The van der Waals surface area contributed by atoms with Gasteiger partial charge in [-0.15, -0.1) is 0 Å². The van der Waals surface area contributed by atoms with Crippen molar-refractivity contribution >= 4 is 17.3 Å². The fraction of sp³-hybridized carbons (Fsp3) is 0.385. The Labute approximate surface area is 189 Å². The summed E-state index contributed by atoms with van der Waals surface area (Å²) in [4.78, 5) is 19.2. The molecule has 31 heavy (non-hydrogen) atoms. The molecule has 2 heterocycles. The van der Waals surface area contributed by atoms with E-state index in [1.165, 1.54) is 16.7 Å². The van der Waals surface area contributed by atoms with E-state index in [1.54, 1.807) is 10.6 Å². The molecule has 162 valence electrons. The average molecular weight is 436 g/mol. The van der Waals surface area contributed by atoms with Crippen LogP contribution in [0.3, 0.4) is 0 Å². The summed E-state index contributed by atoms with van der Waals surface area (Å²) in [6.45, 7) is 10.1. The van der Waals surface area contributed by atoms with E-state index in [9.17, 15) is 4.79 Å². The maximum atomic E-state index is 12.5. The van der Waals surface area contributed by atoms with E-state index in [2.05, 4.69) is 41.9 Å². The summed E-state index contributed by atoms with van der Waals surface area (Å²) in [5, 5.41) is 0.678. The molecule has 5 heteroatoms. The smallest absolute Gasteiger partial charge is 0.258 e. The van der Waals surface area contributed by atoms with Crippen LogP contribution >= 0.6 is 11.6 Å². The van der Waals surface area contributed by atoms with Gasteiger partial charge >= 0.3 is 0 Å². The van der Waals surface area contributed by atoms with Gasteiger partial charge in [-0.05, 0) is 82.2 Å².